The van der Waals surface area contributed by atoms with E-state index in [0.29, 0.717) is 5.82 Å². The van der Waals surface area contributed by atoms with Crippen LogP contribution in [0.2, 0.25) is 0 Å². The molecule has 0 unspecified atom stereocenters. The highest BCUT2D eigenvalue weighted by Gasteiger charge is 2.16. The predicted octanol–water partition coefficient (Wildman–Crippen LogP) is 2.60. The van der Waals surface area contributed by atoms with Crippen molar-refractivity contribution in [2.45, 2.75) is 32.9 Å². The molecule has 2 N–H and O–H groups in total. The van der Waals surface area contributed by atoms with Crippen molar-refractivity contribution in [3.63, 3.8) is 0 Å². The number of benzene rings is 1. The first-order valence-electron chi connectivity index (χ1n) is 6.37. The lowest BCUT2D eigenvalue weighted by Crippen LogP contribution is -2.32. The lowest BCUT2D eigenvalue weighted by atomic mass is 10.2. The van der Waals surface area contributed by atoms with Crippen LogP contribution in [0.4, 0.5) is 4.79 Å². The monoisotopic (exact) mass is 277 g/mol. The van der Waals surface area contributed by atoms with Crippen molar-refractivity contribution >= 4 is 17.1 Å². The van der Waals surface area contributed by atoms with Gasteiger partial charge in [0.2, 0.25) is 0 Å². The largest absolute Gasteiger partial charge is 0.497 e. The zero-order chi connectivity index (χ0) is 14.8. The summed E-state index contributed by atoms with van der Waals surface area (Å²) in [5.41, 5.74) is 1.18. The van der Waals surface area contributed by atoms with Gasteiger partial charge in [-0.15, -0.1) is 0 Å². The van der Waals surface area contributed by atoms with Gasteiger partial charge in [0.15, 0.2) is 0 Å². The van der Waals surface area contributed by atoms with Gasteiger partial charge in [-0.1, -0.05) is 0 Å². The molecule has 0 saturated carbocycles. The first kappa shape index (κ1) is 14.2. The number of imidazole rings is 1. The van der Waals surface area contributed by atoms with Gasteiger partial charge in [-0.05, 0) is 32.9 Å². The normalized spacial score (nSPS) is 11.4. The summed E-state index contributed by atoms with van der Waals surface area (Å²) >= 11 is 0. The van der Waals surface area contributed by atoms with Gasteiger partial charge in [-0.2, -0.15) is 0 Å². The minimum Gasteiger partial charge on any atom is -0.497 e. The fourth-order valence-electron chi connectivity index (χ4n) is 1.72. The molecule has 108 valence electrons. The van der Waals surface area contributed by atoms with Crippen molar-refractivity contribution in [3.05, 3.63) is 24.0 Å². The Kier molecular flexibility index (Phi) is 3.83. The summed E-state index contributed by atoms with van der Waals surface area (Å²) in [6.07, 6.45) is -0.462. The Labute approximate surface area is 117 Å². The lowest BCUT2D eigenvalue weighted by molar-refractivity contribution is 0.0522. The smallest absolute Gasteiger partial charge is 0.408 e. The van der Waals surface area contributed by atoms with Crippen LogP contribution in [0.1, 0.15) is 26.6 Å². The maximum Gasteiger partial charge on any atom is 0.408 e. The number of hydrogen-bond acceptors (Lipinski definition) is 4. The number of aromatic amines is 1. The van der Waals surface area contributed by atoms with Gasteiger partial charge in [0.25, 0.3) is 0 Å². The molecule has 1 aromatic carbocycles. The number of ether oxygens (including phenoxy) is 2. The predicted molar refractivity (Wildman–Crippen MR) is 75.7 cm³/mol. The summed E-state index contributed by atoms with van der Waals surface area (Å²) in [4.78, 5) is 19.1. The zero-order valence-corrected chi connectivity index (χ0v) is 12.1. The Morgan fingerprint density at radius 1 is 1.40 bits per heavy atom. The summed E-state index contributed by atoms with van der Waals surface area (Å²) in [6, 6.07) is 5.56. The van der Waals surface area contributed by atoms with E-state index in [2.05, 4.69) is 15.3 Å². The molecule has 1 amide bonds. The standard InChI is InChI=1S/C14H19N3O3/c1-14(2,3)20-13(18)15-8-12-16-10-6-5-9(19-4)7-11(10)17-12/h5-7H,8H2,1-4H3,(H,15,18)(H,16,17). The SMILES string of the molecule is COc1ccc2nc(CNC(=O)OC(C)(C)C)[nH]c2c1. The molecule has 1 heterocycles. The van der Waals surface area contributed by atoms with Crippen molar-refractivity contribution in [3.8, 4) is 5.75 Å². The number of carbonyl (C=O) groups excluding carboxylic acids is 1. The molecule has 6 nitrogen and oxygen atoms in total. The number of aromatic nitrogens is 2. The van der Waals surface area contributed by atoms with Crippen LogP contribution in [0.5, 0.6) is 5.75 Å². The average molecular weight is 277 g/mol. The Bertz CT molecular complexity index is 614. The molecule has 6 heteroatoms. The molecule has 0 aliphatic heterocycles. The van der Waals surface area contributed by atoms with Crippen LogP contribution in [0.3, 0.4) is 0 Å². The average Bonchev–Trinajstić information content (AvgIpc) is 2.75. The second kappa shape index (κ2) is 5.40. The van der Waals surface area contributed by atoms with E-state index in [1.165, 1.54) is 0 Å². The molecule has 0 bridgehead atoms. The highest BCUT2D eigenvalue weighted by molar-refractivity contribution is 5.77. The van der Waals surface area contributed by atoms with E-state index < -0.39 is 11.7 Å². The fraction of sp³-hybridized carbons (Fsp3) is 0.429. The Morgan fingerprint density at radius 3 is 2.80 bits per heavy atom. The molecule has 0 radical (unpaired) electrons. The lowest BCUT2D eigenvalue weighted by Gasteiger charge is -2.19. The number of nitrogens with one attached hydrogen (secondary N) is 2. The second-order valence-corrected chi connectivity index (χ2v) is 5.42. The molecule has 0 spiro atoms. The number of carbonyl (C=O) groups is 1. The van der Waals surface area contributed by atoms with E-state index >= 15 is 0 Å². The topological polar surface area (TPSA) is 76.2 Å². The van der Waals surface area contributed by atoms with Crippen LogP contribution in [0, 0.1) is 0 Å². The van der Waals surface area contributed by atoms with Gasteiger partial charge in [-0.3, -0.25) is 0 Å². The van der Waals surface area contributed by atoms with E-state index in [9.17, 15) is 4.79 Å². The van der Waals surface area contributed by atoms with E-state index in [1.54, 1.807) is 7.11 Å². The van der Waals surface area contributed by atoms with Crippen molar-refractivity contribution in [1.29, 1.82) is 0 Å². The molecule has 0 aliphatic rings. The minimum atomic E-state index is -0.509. The fourth-order valence-corrected chi connectivity index (χ4v) is 1.72. The molecular weight excluding hydrogens is 258 g/mol. The van der Waals surface area contributed by atoms with E-state index in [-0.39, 0.29) is 6.54 Å². The van der Waals surface area contributed by atoms with Crippen LogP contribution in [-0.4, -0.2) is 28.8 Å². The zero-order valence-electron chi connectivity index (χ0n) is 12.1. The van der Waals surface area contributed by atoms with E-state index in [4.69, 9.17) is 9.47 Å². The first-order valence-corrected chi connectivity index (χ1v) is 6.37. The number of alkyl carbamates (subject to hydrolysis) is 1. The molecule has 0 atom stereocenters. The minimum absolute atomic E-state index is 0.284. The number of fused-ring (bicyclic) bond motifs is 1. The molecule has 0 aliphatic carbocycles. The van der Waals surface area contributed by atoms with Gasteiger partial charge in [-0.25, -0.2) is 9.78 Å². The summed E-state index contributed by atoms with van der Waals surface area (Å²) < 4.78 is 10.3. The maximum atomic E-state index is 11.6. The Morgan fingerprint density at radius 2 is 2.15 bits per heavy atom. The molecule has 2 rings (SSSR count). The van der Waals surface area contributed by atoms with Gasteiger partial charge >= 0.3 is 6.09 Å². The molecule has 0 saturated heterocycles. The first-order chi connectivity index (χ1) is 9.37. The summed E-state index contributed by atoms with van der Waals surface area (Å²) in [5.74, 6) is 1.42. The van der Waals surface area contributed by atoms with Crippen LogP contribution in [-0.2, 0) is 11.3 Å². The number of hydrogen-bond donors (Lipinski definition) is 2. The van der Waals surface area contributed by atoms with Gasteiger partial charge < -0.3 is 19.8 Å². The molecule has 1 aromatic heterocycles. The van der Waals surface area contributed by atoms with Crippen LogP contribution in [0.15, 0.2) is 18.2 Å². The van der Waals surface area contributed by atoms with Crippen molar-refractivity contribution in [2.75, 3.05) is 7.11 Å². The number of H-pyrrole nitrogens is 1. The Hall–Kier alpha value is -2.24. The number of methoxy groups -OCH3 is 1. The Balaban J connectivity index is 2.01. The van der Waals surface area contributed by atoms with E-state index in [0.717, 1.165) is 16.8 Å². The van der Waals surface area contributed by atoms with Crippen molar-refractivity contribution in [2.24, 2.45) is 0 Å². The third-order valence-electron chi connectivity index (χ3n) is 2.54. The molecule has 2 aromatic rings. The third-order valence-corrected chi connectivity index (χ3v) is 2.54. The van der Waals surface area contributed by atoms with Crippen molar-refractivity contribution < 1.29 is 14.3 Å². The second-order valence-electron chi connectivity index (χ2n) is 5.42. The summed E-state index contributed by atoms with van der Waals surface area (Å²) in [6.45, 7) is 5.74. The van der Waals surface area contributed by atoms with Gasteiger partial charge in [0.05, 0.1) is 24.7 Å². The van der Waals surface area contributed by atoms with E-state index in [1.807, 2.05) is 39.0 Å². The summed E-state index contributed by atoms with van der Waals surface area (Å²) in [7, 11) is 1.61. The highest BCUT2D eigenvalue weighted by Crippen LogP contribution is 2.18. The molecular formula is C14H19N3O3. The van der Waals surface area contributed by atoms with Crippen LogP contribution < -0.4 is 10.1 Å². The van der Waals surface area contributed by atoms with Gasteiger partial charge in [0.1, 0.15) is 17.2 Å². The highest BCUT2D eigenvalue weighted by atomic mass is 16.6. The third kappa shape index (κ3) is 3.63. The quantitative estimate of drug-likeness (QED) is 0.904. The number of rotatable bonds is 3. The van der Waals surface area contributed by atoms with Crippen LogP contribution >= 0.6 is 0 Å². The maximum absolute atomic E-state index is 11.6. The van der Waals surface area contributed by atoms with Crippen LogP contribution in [0.25, 0.3) is 11.0 Å². The van der Waals surface area contributed by atoms with Gasteiger partial charge in [0, 0.05) is 6.07 Å². The number of amides is 1. The summed E-state index contributed by atoms with van der Waals surface area (Å²) in [5, 5.41) is 2.66. The molecule has 20 heavy (non-hydrogen) atoms. The molecule has 0 fully saturated rings. The number of nitrogens with zero attached hydrogens (tertiary/aromatic N) is 1. The van der Waals surface area contributed by atoms with Crippen molar-refractivity contribution in [1.82, 2.24) is 15.3 Å².